The van der Waals surface area contributed by atoms with Gasteiger partial charge in [0.2, 0.25) is 0 Å². The molecule has 1 unspecified atom stereocenters. The van der Waals surface area contributed by atoms with E-state index in [9.17, 15) is 5.11 Å². The second-order valence-electron chi connectivity index (χ2n) is 6.41. The Balaban J connectivity index is 1.90. The van der Waals surface area contributed by atoms with Crippen molar-refractivity contribution in [2.45, 2.75) is 45.6 Å². The van der Waals surface area contributed by atoms with Crippen molar-refractivity contribution in [1.82, 2.24) is 10.2 Å². The van der Waals surface area contributed by atoms with Gasteiger partial charge in [-0.25, -0.2) is 0 Å². The van der Waals surface area contributed by atoms with Crippen LogP contribution in [0.2, 0.25) is 0 Å². The van der Waals surface area contributed by atoms with E-state index in [2.05, 4.69) is 24.1 Å². The zero-order valence-corrected chi connectivity index (χ0v) is 13.5. The standard InChI is InChI=1S/C18H30N2O/c1-3-12-20(14-17-8-10-19-11-9-17)15(2)13-16-4-6-18(21)7-5-16/h4-7,15,17,19,21H,3,8-14H2,1-2H3. The highest BCUT2D eigenvalue weighted by atomic mass is 16.3. The van der Waals surface area contributed by atoms with Crippen LogP contribution in [-0.2, 0) is 6.42 Å². The maximum Gasteiger partial charge on any atom is 0.115 e. The molecule has 3 nitrogen and oxygen atoms in total. The van der Waals surface area contributed by atoms with E-state index >= 15 is 0 Å². The van der Waals surface area contributed by atoms with Crippen molar-refractivity contribution in [2.75, 3.05) is 26.2 Å². The Labute approximate surface area is 129 Å². The monoisotopic (exact) mass is 290 g/mol. The van der Waals surface area contributed by atoms with Crippen LogP contribution in [0.15, 0.2) is 24.3 Å². The van der Waals surface area contributed by atoms with Crippen LogP contribution in [0.1, 0.15) is 38.7 Å². The third-order valence-corrected chi connectivity index (χ3v) is 4.55. The average molecular weight is 290 g/mol. The van der Waals surface area contributed by atoms with Crippen molar-refractivity contribution in [3.05, 3.63) is 29.8 Å². The van der Waals surface area contributed by atoms with Crippen LogP contribution in [0, 0.1) is 5.92 Å². The number of piperidine rings is 1. The molecule has 0 spiro atoms. The minimum Gasteiger partial charge on any atom is -0.508 e. The minimum absolute atomic E-state index is 0.353. The van der Waals surface area contributed by atoms with Crippen LogP contribution in [0.5, 0.6) is 5.75 Å². The van der Waals surface area contributed by atoms with E-state index in [1.165, 1.54) is 51.0 Å². The molecule has 2 N–H and O–H groups in total. The van der Waals surface area contributed by atoms with E-state index in [1.807, 2.05) is 12.1 Å². The van der Waals surface area contributed by atoms with Crippen molar-refractivity contribution in [3.8, 4) is 5.75 Å². The highest BCUT2D eigenvalue weighted by molar-refractivity contribution is 5.26. The third kappa shape index (κ3) is 5.33. The molecule has 1 aliphatic heterocycles. The number of rotatable bonds is 7. The highest BCUT2D eigenvalue weighted by Gasteiger charge is 2.20. The molecule has 1 aromatic carbocycles. The number of nitrogens with zero attached hydrogens (tertiary/aromatic N) is 1. The van der Waals surface area contributed by atoms with Gasteiger partial charge in [0.25, 0.3) is 0 Å². The Hall–Kier alpha value is -1.06. The molecule has 0 aromatic heterocycles. The van der Waals surface area contributed by atoms with Crippen molar-refractivity contribution in [2.24, 2.45) is 5.92 Å². The average Bonchev–Trinajstić information content (AvgIpc) is 2.50. The summed E-state index contributed by atoms with van der Waals surface area (Å²) < 4.78 is 0. The van der Waals surface area contributed by atoms with Gasteiger partial charge in [-0.3, -0.25) is 0 Å². The lowest BCUT2D eigenvalue weighted by Crippen LogP contribution is -2.41. The summed E-state index contributed by atoms with van der Waals surface area (Å²) >= 11 is 0. The second kappa shape index (κ2) is 8.40. The van der Waals surface area contributed by atoms with Crippen molar-refractivity contribution in [1.29, 1.82) is 0 Å². The molecule has 1 saturated heterocycles. The van der Waals surface area contributed by atoms with E-state index < -0.39 is 0 Å². The van der Waals surface area contributed by atoms with Gasteiger partial charge in [-0.15, -0.1) is 0 Å². The number of benzene rings is 1. The lowest BCUT2D eigenvalue weighted by atomic mass is 9.96. The molecule has 1 aromatic rings. The van der Waals surface area contributed by atoms with Crippen LogP contribution in [0.3, 0.4) is 0 Å². The molecule has 1 fully saturated rings. The number of phenols is 1. The van der Waals surface area contributed by atoms with E-state index in [4.69, 9.17) is 0 Å². The van der Waals surface area contributed by atoms with Crippen LogP contribution in [0.4, 0.5) is 0 Å². The fourth-order valence-corrected chi connectivity index (χ4v) is 3.28. The lowest BCUT2D eigenvalue weighted by molar-refractivity contribution is 0.159. The first-order chi connectivity index (χ1) is 10.2. The fraction of sp³-hybridized carbons (Fsp3) is 0.667. The van der Waals surface area contributed by atoms with Crippen molar-refractivity contribution < 1.29 is 5.11 Å². The summed E-state index contributed by atoms with van der Waals surface area (Å²) in [6.07, 6.45) is 4.90. The molecule has 0 aliphatic carbocycles. The topological polar surface area (TPSA) is 35.5 Å². The summed E-state index contributed by atoms with van der Waals surface area (Å²) in [5.41, 5.74) is 1.31. The van der Waals surface area contributed by atoms with Crippen LogP contribution in [0.25, 0.3) is 0 Å². The van der Waals surface area contributed by atoms with E-state index in [0.717, 1.165) is 12.3 Å². The van der Waals surface area contributed by atoms with Gasteiger partial charge >= 0.3 is 0 Å². The SMILES string of the molecule is CCCN(CC1CCNCC1)C(C)Cc1ccc(O)cc1. The van der Waals surface area contributed by atoms with Crippen LogP contribution in [-0.4, -0.2) is 42.2 Å². The largest absolute Gasteiger partial charge is 0.508 e. The molecule has 21 heavy (non-hydrogen) atoms. The Morgan fingerprint density at radius 2 is 1.90 bits per heavy atom. The van der Waals surface area contributed by atoms with E-state index in [0.29, 0.717) is 11.8 Å². The molecule has 3 heteroatoms. The summed E-state index contributed by atoms with van der Waals surface area (Å²) in [4.78, 5) is 2.66. The fourth-order valence-electron chi connectivity index (χ4n) is 3.28. The number of aromatic hydroxyl groups is 1. The summed E-state index contributed by atoms with van der Waals surface area (Å²) in [5.74, 6) is 1.20. The van der Waals surface area contributed by atoms with Gasteiger partial charge in [-0.2, -0.15) is 0 Å². The van der Waals surface area contributed by atoms with Gasteiger partial charge in [0.05, 0.1) is 0 Å². The Morgan fingerprint density at radius 1 is 1.24 bits per heavy atom. The van der Waals surface area contributed by atoms with Gasteiger partial charge in [0.1, 0.15) is 5.75 Å². The zero-order chi connectivity index (χ0) is 15.1. The van der Waals surface area contributed by atoms with Crippen LogP contribution >= 0.6 is 0 Å². The first kappa shape index (κ1) is 16.3. The second-order valence-corrected chi connectivity index (χ2v) is 6.41. The first-order valence-corrected chi connectivity index (χ1v) is 8.41. The number of nitrogens with one attached hydrogen (secondary N) is 1. The van der Waals surface area contributed by atoms with Gasteiger partial charge in [-0.1, -0.05) is 19.1 Å². The van der Waals surface area contributed by atoms with Gasteiger partial charge in [-0.05, 0) is 75.9 Å². The Kier molecular flexibility index (Phi) is 6.52. The molecular weight excluding hydrogens is 260 g/mol. The summed E-state index contributed by atoms with van der Waals surface area (Å²) in [6.45, 7) is 9.37. The predicted octanol–water partition coefficient (Wildman–Crippen LogP) is 3.03. The minimum atomic E-state index is 0.353. The highest BCUT2D eigenvalue weighted by Crippen LogP contribution is 2.18. The molecule has 0 saturated carbocycles. The Morgan fingerprint density at radius 3 is 2.52 bits per heavy atom. The third-order valence-electron chi connectivity index (χ3n) is 4.55. The first-order valence-electron chi connectivity index (χ1n) is 8.41. The van der Waals surface area contributed by atoms with Gasteiger partial charge < -0.3 is 15.3 Å². The summed E-state index contributed by atoms with van der Waals surface area (Å²) in [5, 5.41) is 12.8. The molecular formula is C18H30N2O. The molecule has 0 bridgehead atoms. The molecule has 1 atom stereocenters. The molecule has 0 radical (unpaired) electrons. The molecule has 0 amide bonds. The predicted molar refractivity (Wildman–Crippen MR) is 88.7 cm³/mol. The van der Waals surface area contributed by atoms with Gasteiger partial charge in [0, 0.05) is 12.6 Å². The quantitative estimate of drug-likeness (QED) is 0.810. The van der Waals surface area contributed by atoms with Crippen molar-refractivity contribution >= 4 is 0 Å². The van der Waals surface area contributed by atoms with Gasteiger partial charge in [0.15, 0.2) is 0 Å². The maximum atomic E-state index is 9.38. The van der Waals surface area contributed by atoms with E-state index in [1.54, 1.807) is 12.1 Å². The maximum absolute atomic E-state index is 9.38. The summed E-state index contributed by atoms with van der Waals surface area (Å²) in [7, 11) is 0. The number of hydrogen-bond acceptors (Lipinski definition) is 3. The number of hydrogen-bond donors (Lipinski definition) is 2. The lowest BCUT2D eigenvalue weighted by Gasteiger charge is -2.34. The normalized spacial score (nSPS) is 18.0. The Bertz CT molecular complexity index is 398. The molecule has 2 rings (SSSR count). The van der Waals surface area contributed by atoms with Crippen molar-refractivity contribution in [3.63, 3.8) is 0 Å². The zero-order valence-electron chi connectivity index (χ0n) is 13.5. The van der Waals surface area contributed by atoms with E-state index in [-0.39, 0.29) is 0 Å². The smallest absolute Gasteiger partial charge is 0.115 e. The molecule has 1 heterocycles. The van der Waals surface area contributed by atoms with Crippen LogP contribution < -0.4 is 5.32 Å². The molecule has 118 valence electrons. The summed E-state index contributed by atoms with van der Waals surface area (Å²) in [6, 6.07) is 8.23. The number of phenolic OH excluding ortho intramolecular Hbond substituents is 1. The molecule has 1 aliphatic rings.